The van der Waals surface area contributed by atoms with Crippen LogP contribution in [0.3, 0.4) is 0 Å². The van der Waals surface area contributed by atoms with Crippen LogP contribution in [0.2, 0.25) is 0 Å². The molecular formula is C16H16N4O3S. The highest BCUT2D eigenvalue weighted by molar-refractivity contribution is 7.13. The van der Waals surface area contributed by atoms with Gasteiger partial charge in [-0.25, -0.2) is 9.97 Å². The molecule has 3 aromatic rings. The largest absolute Gasteiger partial charge is 0.461 e. The van der Waals surface area contributed by atoms with Gasteiger partial charge in [0.05, 0.1) is 6.26 Å². The maximum Gasteiger partial charge on any atom is 0.276 e. The molecule has 0 aromatic carbocycles. The van der Waals surface area contributed by atoms with Gasteiger partial charge < -0.3 is 18.6 Å². The van der Waals surface area contributed by atoms with Gasteiger partial charge in [0, 0.05) is 37.8 Å². The molecule has 4 rings (SSSR count). The SMILES string of the molecule is O=C(c1ncoc1-c1ccco1)N1CCCN(c2nccs2)CC1. The van der Waals surface area contributed by atoms with Gasteiger partial charge in [-0.05, 0) is 18.6 Å². The molecule has 0 atom stereocenters. The van der Waals surface area contributed by atoms with Gasteiger partial charge in [0.1, 0.15) is 0 Å². The quantitative estimate of drug-likeness (QED) is 0.727. The lowest BCUT2D eigenvalue weighted by Gasteiger charge is -2.21. The minimum atomic E-state index is -0.129. The van der Waals surface area contributed by atoms with E-state index in [1.165, 1.54) is 6.39 Å². The van der Waals surface area contributed by atoms with Crippen molar-refractivity contribution in [2.75, 3.05) is 31.1 Å². The summed E-state index contributed by atoms with van der Waals surface area (Å²) in [6, 6.07) is 3.51. The van der Waals surface area contributed by atoms with Gasteiger partial charge >= 0.3 is 0 Å². The Bertz CT molecular complexity index is 797. The number of nitrogens with zero attached hydrogens (tertiary/aromatic N) is 4. The van der Waals surface area contributed by atoms with Crippen LogP contribution in [0.4, 0.5) is 5.13 Å². The molecule has 0 saturated carbocycles. The molecule has 8 heteroatoms. The Morgan fingerprint density at radius 2 is 2.12 bits per heavy atom. The molecule has 0 aliphatic carbocycles. The summed E-state index contributed by atoms with van der Waals surface area (Å²) in [7, 11) is 0. The highest BCUT2D eigenvalue weighted by atomic mass is 32.1. The molecule has 1 fully saturated rings. The van der Waals surface area contributed by atoms with Gasteiger partial charge in [-0.15, -0.1) is 11.3 Å². The average molecular weight is 344 g/mol. The van der Waals surface area contributed by atoms with Crippen molar-refractivity contribution >= 4 is 22.4 Å². The zero-order chi connectivity index (χ0) is 16.4. The Balaban J connectivity index is 1.50. The van der Waals surface area contributed by atoms with Crippen molar-refractivity contribution in [3.05, 3.63) is 42.1 Å². The Kier molecular flexibility index (Phi) is 4.04. The third-order valence-electron chi connectivity index (χ3n) is 3.99. The van der Waals surface area contributed by atoms with Crippen molar-refractivity contribution in [1.82, 2.24) is 14.9 Å². The van der Waals surface area contributed by atoms with Gasteiger partial charge in [-0.3, -0.25) is 4.79 Å². The molecule has 7 nitrogen and oxygen atoms in total. The Morgan fingerprint density at radius 3 is 2.92 bits per heavy atom. The van der Waals surface area contributed by atoms with Crippen LogP contribution in [-0.2, 0) is 0 Å². The summed E-state index contributed by atoms with van der Waals surface area (Å²) < 4.78 is 10.7. The van der Waals surface area contributed by atoms with Crippen molar-refractivity contribution in [1.29, 1.82) is 0 Å². The lowest BCUT2D eigenvalue weighted by atomic mass is 10.2. The van der Waals surface area contributed by atoms with Crippen LogP contribution in [0.25, 0.3) is 11.5 Å². The Labute approximate surface area is 142 Å². The zero-order valence-electron chi connectivity index (χ0n) is 12.9. The number of hydrogen-bond acceptors (Lipinski definition) is 7. The maximum absolute atomic E-state index is 12.9. The first-order chi connectivity index (χ1) is 11.8. The van der Waals surface area contributed by atoms with E-state index >= 15 is 0 Å². The fraction of sp³-hybridized carbons (Fsp3) is 0.312. The number of amides is 1. The fourth-order valence-electron chi connectivity index (χ4n) is 2.81. The van der Waals surface area contributed by atoms with Crippen LogP contribution in [-0.4, -0.2) is 47.0 Å². The molecular weight excluding hydrogens is 328 g/mol. The summed E-state index contributed by atoms with van der Waals surface area (Å²) in [5.41, 5.74) is 0.299. The number of furan rings is 1. The van der Waals surface area contributed by atoms with E-state index in [0.717, 1.165) is 24.6 Å². The highest BCUT2D eigenvalue weighted by Gasteiger charge is 2.27. The standard InChI is InChI=1S/C16H16N4O3S/c21-15(13-14(23-11-18-13)12-3-1-9-22-12)19-5-2-6-20(8-7-19)16-17-4-10-24-16/h1,3-4,9-11H,2,5-8H2. The van der Waals surface area contributed by atoms with Crippen molar-refractivity contribution in [3.8, 4) is 11.5 Å². The lowest BCUT2D eigenvalue weighted by molar-refractivity contribution is 0.0762. The molecule has 1 aliphatic rings. The van der Waals surface area contributed by atoms with E-state index in [4.69, 9.17) is 8.83 Å². The number of rotatable bonds is 3. The first kappa shape index (κ1) is 14.9. The molecule has 0 bridgehead atoms. The van der Waals surface area contributed by atoms with E-state index in [9.17, 15) is 4.79 Å². The normalized spacial score (nSPS) is 15.5. The van der Waals surface area contributed by atoms with Crippen LogP contribution in [0.5, 0.6) is 0 Å². The first-order valence-electron chi connectivity index (χ1n) is 7.74. The second-order valence-corrected chi connectivity index (χ2v) is 6.33. The lowest BCUT2D eigenvalue weighted by Crippen LogP contribution is -2.35. The second kappa shape index (κ2) is 6.48. The number of hydrogen-bond donors (Lipinski definition) is 0. The second-order valence-electron chi connectivity index (χ2n) is 5.45. The molecule has 3 aromatic heterocycles. The number of carbonyl (C=O) groups is 1. The van der Waals surface area contributed by atoms with Gasteiger partial charge in [0.25, 0.3) is 5.91 Å². The van der Waals surface area contributed by atoms with Gasteiger partial charge in [-0.2, -0.15) is 0 Å². The molecule has 0 N–H and O–H groups in total. The summed E-state index contributed by atoms with van der Waals surface area (Å²) in [4.78, 5) is 25.3. The number of aromatic nitrogens is 2. The molecule has 1 aliphatic heterocycles. The number of oxazole rings is 1. The molecule has 24 heavy (non-hydrogen) atoms. The zero-order valence-corrected chi connectivity index (χ0v) is 13.7. The van der Waals surface area contributed by atoms with Crippen LogP contribution in [0.15, 0.2) is 45.2 Å². The van der Waals surface area contributed by atoms with Crippen molar-refractivity contribution in [2.24, 2.45) is 0 Å². The van der Waals surface area contributed by atoms with E-state index in [-0.39, 0.29) is 5.91 Å². The van der Waals surface area contributed by atoms with Crippen molar-refractivity contribution in [2.45, 2.75) is 6.42 Å². The minimum Gasteiger partial charge on any atom is -0.461 e. The fourth-order valence-corrected chi connectivity index (χ4v) is 3.51. The van der Waals surface area contributed by atoms with E-state index in [2.05, 4.69) is 14.9 Å². The predicted molar refractivity (Wildman–Crippen MR) is 89.1 cm³/mol. The summed E-state index contributed by atoms with van der Waals surface area (Å²) in [5.74, 6) is 0.761. The topological polar surface area (TPSA) is 75.6 Å². The summed E-state index contributed by atoms with van der Waals surface area (Å²) in [6.45, 7) is 2.96. The van der Waals surface area contributed by atoms with Crippen molar-refractivity contribution in [3.63, 3.8) is 0 Å². The highest BCUT2D eigenvalue weighted by Crippen LogP contribution is 2.25. The monoisotopic (exact) mass is 344 g/mol. The molecule has 0 spiro atoms. The minimum absolute atomic E-state index is 0.129. The molecule has 124 valence electrons. The smallest absolute Gasteiger partial charge is 0.276 e. The van der Waals surface area contributed by atoms with E-state index in [0.29, 0.717) is 30.3 Å². The molecule has 0 radical (unpaired) electrons. The van der Waals surface area contributed by atoms with Gasteiger partial charge in [0.15, 0.2) is 23.0 Å². The van der Waals surface area contributed by atoms with Crippen LogP contribution in [0.1, 0.15) is 16.9 Å². The molecule has 1 amide bonds. The van der Waals surface area contributed by atoms with Gasteiger partial charge in [-0.1, -0.05) is 0 Å². The summed E-state index contributed by atoms with van der Waals surface area (Å²) >= 11 is 1.62. The van der Waals surface area contributed by atoms with Crippen LogP contribution >= 0.6 is 11.3 Å². The third-order valence-corrected chi connectivity index (χ3v) is 4.82. The number of carbonyl (C=O) groups excluding carboxylic acids is 1. The first-order valence-corrected chi connectivity index (χ1v) is 8.62. The number of thiazole rings is 1. The Hall–Kier alpha value is -2.61. The summed E-state index contributed by atoms with van der Waals surface area (Å²) in [6.07, 6.45) is 5.52. The molecule has 0 unspecified atom stereocenters. The molecule has 4 heterocycles. The van der Waals surface area contributed by atoms with Crippen LogP contribution in [0, 0.1) is 0 Å². The molecule has 1 saturated heterocycles. The van der Waals surface area contributed by atoms with Crippen molar-refractivity contribution < 1.29 is 13.6 Å². The Morgan fingerprint density at radius 1 is 1.17 bits per heavy atom. The van der Waals surface area contributed by atoms with Gasteiger partial charge in [0.2, 0.25) is 5.76 Å². The third kappa shape index (κ3) is 2.80. The van der Waals surface area contributed by atoms with Crippen LogP contribution < -0.4 is 4.90 Å². The number of anilines is 1. The maximum atomic E-state index is 12.9. The van der Waals surface area contributed by atoms with E-state index < -0.39 is 0 Å². The average Bonchev–Trinajstić information content (AvgIpc) is 3.33. The predicted octanol–water partition coefficient (Wildman–Crippen LogP) is 2.74. The van der Waals surface area contributed by atoms with E-state index in [1.807, 2.05) is 10.3 Å². The van der Waals surface area contributed by atoms with E-state index in [1.54, 1.807) is 35.9 Å². The summed E-state index contributed by atoms with van der Waals surface area (Å²) in [5, 5.41) is 2.97.